The van der Waals surface area contributed by atoms with Crippen molar-refractivity contribution < 1.29 is 4.74 Å². The van der Waals surface area contributed by atoms with Gasteiger partial charge in [0.2, 0.25) is 0 Å². The summed E-state index contributed by atoms with van der Waals surface area (Å²) >= 11 is 5.66. The zero-order valence-electron chi connectivity index (χ0n) is 8.48. The predicted octanol–water partition coefficient (Wildman–Crippen LogP) is 3.76. The van der Waals surface area contributed by atoms with Crippen molar-refractivity contribution >= 4 is 11.6 Å². The second-order valence-electron chi connectivity index (χ2n) is 2.70. The number of hydrogen-bond acceptors (Lipinski definition) is 2. The Hall–Kier alpha value is -1.54. The van der Waals surface area contributed by atoms with Gasteiger partial charge in [0.05, 0.1) is 6.20 Å². The minimum Gasteiger partial charge on any atom is -0.456 e. The Morgan fingerprint density at radius 3 is 2.87 bits per heavy atom. The molecule has 0 N–H and O–H groups in total. The smallest absolute Gasteiger partial charge is 0.145 e. The van der Waals surface area contributed by atoms with E-state index in [0.29, 0.717) is 10.9 Å². The quantitative estimate of drug-likeness (QED) is 0.439. The fourth-order valence-electron chi connectivity index (χ4n) is 0.911. The van der Waals surface area contributed by atoms with E-state index in [1.807, 2.05) is 19.1 Å². The van der Waals surface area contributed by atoms with E-state index in [4.69, 9.17) is 16.3 Å². The molecule has 15 heavy (non-hydrogen) atoms. The van der Waals surface area contributed by atoms with Crippen LogP contribution in [-0.4, -0.2) is 4.98 Å². The van der Waals surface area contributed by atoms with Gasteiger partial charge in [0, 0.05) is 0 Å². The standard InChI is InChI=1S/C12H12ClNO/c1-3-5-6-10(4-2)15-11-7-8-12(13)14-9-11/h3-9H,1H2,2H3/b6-5-,10-4+. The number of hydrogen-bond donors (Lipinski definition) is 0. The van der Waals surface area contributed by atoms with Crippen molar-refractivity contribution in [1.29, 1.82) is 0 Å². The number of nitrogens with zero attached hydrogens (tertiary/aromatic N) is 1. The predicted molar refractivity (Wildman–Crippen MR) is 63.0 cm³/mol. The fourth-order valence-corrected chi connectivity index (χ4v) is 1.02. The monoisotopic (exact) mass is 221 g/mol. The maximum atomic E-state index is 5.66. The van der Waals surface area contributed by atoms with Crippen molar-refractivity contribution in [3.63, 3.8) is 0 Å². The summed E-state index contributed by atoms with van der Waals surface area (Å²) in [6, 6.07) is 3.45. The van der Waals surface area contributed by atoms with Crippen LogP contribution in [0.15, 0.2) is 55.0 Å². The zero-order chi connectivity index (χ0) is 11.1. The third kappa shape index (κ3) is 4.00. The molecule has 1 aromatic heterocycles. The maximum Gasteiger partial charge on any atom is 0.145 e. The van der Waals surface area contributed by atoms with Crippen LogP contribution in [0, 0.1) is 0 Å². The topological polar surface area (TPSA) is 22.1 Å². The molecule has 0 fully saturated rings. The van der Waals surface area contributed by atoms with Crippen LogP contribution < -0.4 is 4.74 Å². The van der Waals surface area contributed by atoms with Gasteiger partial charge in [-0.15, -0.1) is 0 Å². The minimum absolute atomic E-state index is 0.450. The molecule has 1 aromatic rings. The van der Waals surface area contributed by atoms with Crippen LogP contribution in [0.2, 0.25) is 5.15 Å². The van der Waals surface area contributed by atoms with Crippen molar-refractivity contribution in [3.8, 4) is 5.75 Å². The maximum absolute atomic E-state index is 5.66. The average molecular weight is 222 g/mol. The Morgan fingerprint density at radius 2 is 2.33 bits per heavy atom. The van der Waals surface area contributed by atoms with Crippen LogP contribution in [0.4, 0.5) is 0 Å². The zero-order valence-corrected chi connectivity index (χ0v) is 9.24. The number of rotatable bonds is 4. The number of aromatic nitrogens is 1. The van der Waals surface area contributed by atoms with Crippen LogP contribution in [-0.2, 0) is 0 Å². The second kappa shape index (κ2) is 6.04. The SMILES string of the molecule is C=C/C=C\C(=C/C)Oc1ccc(Cl)nc1. The van der Waals surface area contributed by atoms with E-state index in [1.54, 1.807) is 30.5 Å². The van der Waals surface area contributed by atoms with Crippen molar-refractivity contribution in [3.05, 3.63) is 60.1 Å². The first-order valence-electron chi connectivity index (χ1n) is 4.51. The van der Waals surface area contributed by atoms with Gasteiger partial charge < -0.3 is 4.74 Å². The minimum atomic E-state index is 0.450. The molecule has 2 nitrogen and oxygen atoms in total. The molecule has 0 saturated carbocycles. The summed E-state index contributed by atoms with van der Waals surface area (Å²) in [5.41, 5.74) is 0. The molecule has 0 aliphatic rings. The van der Waals surface area contributed by atoms with E-state index >= 15 is 0 Å². The van der Waals surface area contributed by atoms with E-state index in [-0.39, 0.29) is 0 Å². The van der Waals surface area contributed by atoms with Gasteiger partial charge >= 0.3 is 0 Å². The Bertz CT molecular complexity index is 379. The van der Waals surface area contributed by atoms with Gasteiger partial charge in [-0.2, -0.15) is 0 Å². The number of allylic oxidation sites excluding steroid dienone is 4. The highest BCUT2D eigenvalue weighted by atomic mass is 35.5. The van der Waals surface area contributed by atoms with Crippen LogP contribution in [0.5, 0.6) is 5.75 Å². The molecule has 0 unspecified atom stereocenters. The second-order valence-corrected chi connectivity index (χ2v) is 3.09. The Kier molecular flexibility index (Phi) is 4.64. The largest absolute Gasteiger partial charge is 0.456 e. The third-order valence-electron chi connectivity index (χ3n) is 1.62. The lowest BCUT2D eigenvalue weighted by Crippen LogP contribution is -1.92. The Labute approximate surface area is 94.6 Å². The molecular formula is C12H12ClNO. The Balaban J connectivity index is 2.71. The highest BCUT2D eigenvalue weighted by Gasteiger charge is 1.96. The molecule has 0 aromatic carbocycles. The summed E-state index contributed by atoms with van der Waals surface area (Å²) in [6.45, 7) is 5.48. The van der Waals surface area contributed by atoms with Crippen molar-refractivity contribution in [1.82, 2.24) is 4.98 Å². The van der Waals surface area contributed by atoms with Gasteiger partial charge in [-0.1, -0.05) is 30.3 Å². The van der Waals surface area contributed by atoms with Crippen molar-refractivity contribution in [2.75, 3.05) is 0 Å². The molecule has 0 saturated heterocycles. The molecule has 0 atom stereocenters. The van der Waals surface area contributed by atoms with E-state index in [1.165, 1.54) is 0 Å². The summed E-state index contributed by atoms with van der Waals surface area (Å²) in [4.78, 5) is 3.92. The van der Waals surface area contributed by atoms with Crippen LogP contribution >= 0.6 is 11.6 Å². The molecule has 78 valence electrons. The molecule has 1 rings (SSSR count). The normalized spacial score (nSPS) is 11.7. The molecule has 0 aliphatic carbocycles. The third-order valence-corrected chi connectivity index (χ3v) is 1.84. The molecule has 0 spiro atoms. The number of halogens is 1. The summed E-state index contributed by atoms with van der Waals surface area (Å²) in [5.74, 6) is 1.39. The van der Waals surface area contributed by atoms with E-state index in [2.05, 4.69) is 11.6 Å². The van der Waals surface area contributed by atoms with Gasteiger partial charge in [-0.3, -0.25) is 0 Å². The van der Waals surface area contributed by atoms with Gasteiger partial charge in [0.25, 0.3) is 0 Å². The lowest BCUT2D eigenvalue weighted by atomic mass is 10.4. The highest BCUT2D eigenvalue weighted by Crippen LogP contribution is 2.15. The van der Waals surface area contributed by atoms with E-state index < -0.39 is 0 Å². The molecule has 0 amide bonds. The lowest BCUT2D eigenvalue weighted by molar-refractivity contribution is 0.441. The molecule has 0 radical (unpaired) electrons. The molecule has 0 bridgehead atoms. The van der Waals surface area contributed by atoms with Gasteiger partial charge in [-0.25, -0.2) is 4.98 Å². The molecule has 3 heteroatoms. The molecular weight excluding hydrogens is 210 g/mol. The number of ether oxygens (including phenoxy) is 1. The summed E-state index contributed by atoms with van der Waals surface area (Å²) in [5, 5.41) is 0.450. The molecule has 1 heterocycles. The number of pyridine rings is 1. The first-order valence-corrected chi connectivity index (χ1v) is 4.89. The van der Waals surface area contributed by atoms with Crippen LogP contribution in [0.25, 0.3) is 0 Å². The van der Waals surface area contributed by atoms with Gasteiger partial charge in [0.1, 0.15) is 16.7 Å². The van der Waals surface area contributed by atoms with E-state index in [9.17, 15) is 0 Å². The van der Waals surface area contributed by atoms with E-state index in [0.717, 1.165) is 5.76 Å². The fraction of sp³-hybridized carbons (Fsp3) is 0.0833. The highest BCUT2D eigenvalue weighted by molar-refractivity contribution is 6.29. The van der Waals surface area contributed by atoms with Crippen LogP contribution in [0.3, 0.4) is 0 Å². The lowest BCUT2D eigenvalue weighted by Gasteiger charge is -2.04. The average Bonchev–Trinajstić information content (AvgIpc) is 2.27. The first-order chi connectivity index (χ1) is 7.26. The van der Waals surface area contributed by atoms with Crippen molar-refractivity contribution in [2.45, 2.75) is 6.92 Å². The van der Waals surface area contributed by atoms with Crippen LogP contribution in [0.1, 0.15) is 6.92 Å². The van der Waals surface area contributed by atoms with Gasteiger partial charge in [0.15, 0.2) is 0 Å². The summed E-state index contributed by atoms with van der Waals surface area (Å²) < 4.78 is 5.53. The molecule has 0 aliphatic heterocycles. The Morgan fingerprint density at radius 1 is 1.53 bits per heavy atom. The summed E-state index contributed by atoms with van der Waals surface area (Å²) in [6.07, 6.45) is 8.75. The van der Waals surface area contributed by atoms with Gasteiger partial charge in [-0.05, 0) is 31.2 Å². The first kappa shape index (κ1) is 11.5. The van der Waals surface area contributed by atoms with Crippen molar-refractivity contribution in [2.24, 2.45) is 0 Å². The summed E-state index contributed by atoms with van der Waals surface area (Å²) in [7, 11) is 0.